The third-order valence-corrected chi connectivity index (χ3v) is 3.16. The van der Waals surface area contributed by atoms with Crippen molar-refractivity contribution in [3.05, 3.63) is 61.7 Å². The van der Waals surface area contributed by atoms with Crippen LogP contribution in [-0.2, 0) is 0 Å². The molecule has 6 nitrogen and oxygen atoms in total. The number of nitro groups is 1. The van der Waals surface area contributed by atoms with Crippen molar-refractivity contribution in [3.8, 4) is 11.5 Å². The van der Waals surface area contributed by atoms with E-state index in [9.17, 15) is 14.9 Å². The monoisotopic (exact) mass is 385 g/mol. The van der Waals surface area contributed by atoms with Crippen LogP contribution in [0, 0.1) is 13.7 Å². The molecule has 0 saturated carbocycles. The van der Waals surface area contributed by atoms with Gasteiger partial charge in [-0.3, -0.25) is 10.1 Å². The van der Waals surface area contributed by atoms with Gasteiger partial charge in [0.1, 0.15) is 5.75 Å². The van der Waals surface area contributed by atoms with Crippen LogP contribution in [0.5, 0.6) is 11.5 Å². The van der Waals surface area contributed by atoms with E-state index in [1.807, 2.05) is 0 Å². The first-order chi connectivity index (χ1) is 9.47. The molecule has 0 aliphatic rings. The molecule has 20 heavy (non-hydrogen) atoms. The molecule has 1 N–H and O–H groups in total. The zero-order valence-corrected chi connectivity index (χ0v) is 12.1. The number of hydrogen-bond donors (Lipinski definition) is 1. The van der Waals surface area contributed by atoms with Crippen molar-refractivity contribution in [2.24, 2.45) is 0 Å². The molecule has 0 bridgehead atoms. The number of carboxylic acid groups (broad SMARTS) is 1. The van der Waals surface area contributed by atoms with Crippen molar-refractivity contribution >= 4 is 34.2 Å². The van der Waals surface area contributed by atoms with Crippen LogP contribution in [0.1, 0.15) is 10.4 Å². The Morgan fingerprint density at radius 3 is 2.40 bits per heavy atom. The van der Waals surface area contributed by atoms with Crippen LogP contribution < -0.4 is 4.74 Å². The Balaban J connectivity index is 2.41. The summed E-state index contributed by atoms with van der Waals surface area (Å²) in [6, 6.07) is 10.3. The largest absolute Gasteiger partial charge is 0.478 e. The smallest absolute Gasteiger partial charge is 0.335 e. The highest BCUT2D eigenvalue weighted by molar-refractivity contribution is 14.1. The van der Waals surface area contributed by atoms with Gasteiger partial charge in [-0.25, -0.2) is 4.79 Å². The quantitative estimate of drug-likeness (QED) is 0.493. The fourth-order valence-electron chi connectivity index (χ4n) is 1.51. The molecule has 0 aromatic heterocycles. The molecule has 0 atom stereocenters. The van der Waals surface area contributed by atoms with E-state index in [0.29, 0.717) is 5.75 Å². The van der Waals surface area contributed by atoms with Crippen LogP contribution in [0.3, 0.4) is 0 Å². The SMILES string of the molecule is O=C(O)c1ccc([N+](=O)[O-])c(Oc2ccc(I)cc2)c1. The summed E-state index contributed by atoms with van der Waals surface area (Å²) in [5.41, 5.74) is -0.357. The molecule has 0 fully saturated rings. The molecule has 0 heterocycles. The second-order valence-electron chi connectivity index (χ2n) is 3.80. The molecular weight excluding hydrogens is 377 g/mol. The third-order valence-electron chi connectivity index (χ3n) is 2.44. The van der Waals surface area contributed by atoms with Crippen molar-refractivity contribution < 1.29 is 19.6 Å². The zero-order valence-electron chi connectivity index (χ0n) is 9.95. The summed E-state index contributed by atoms with van der Waals surface area (Å²) in [4.78, 5) is 21.2. The van der Waals surface area contributed by atoms with Crippen molar-refractivity contribution in [2.75, 3.05) is 0 Å². The van der Waals surface area contributed by atoms with Crippen molar-refractivity contribution in [3.63, 3.8) is 0 Å². The molecule has 0 radical (unpaired) electrons. The topological polar surface area (TPSA) is 89.7 Å². The van der Waals surface area contributed by atoms with E-state index in [-0.39, 0.29) is 17.0 Å². The van der Waals surface area contributed by atoms with Crippen LogP contribution in [0.4, 0.5) is 5.69 Å². The fourth-order valence-corrected chi connectivity index (χ4v) is 1.87. The minimum absolute atomic E-state index is 0.0730. The molecule has 102 valence electrons. The molecule has 2 aromatic rings. The molecule has 0 spiro atoms. The van der Waals surface area contributed by atoms with Crippen LogP contribution in [0.25, 0.3) is 0 Å². The van der Waals surface area contributed by atoms with Gasteiger partial charge in [0, 0.05) is 15.7 Å². The highest BCUT2D eigenvalue weighted by Crippen LogP contribution is 2.32. The molecule has 0 aliphatic heterocycles. The summed E-state index contributed by atoms with van der Waals surface area (Å²) in [5.74, 6) is -0.875. The van der Waals surface area contributed by atoms with Gasteiger partial charge in [-0.15, -0.1) is 0 Å². The van der Waals surface area contributed by atoms with Gasteiger partial charge in [-0.05, 0) is 52.9 Å². The second kappa shape index (κ2) is 5.87. The van der Waals surface area contributed by atoms with Gasteiger partial charge in [-0.2, -0.15) is 0 Å². The lowest BCUT2D eigenvalue weighted by Crippen LogP contribution is -1.99. The summed E-state index contributed by atoms with van der Waals surface area (Å²) in [5, 5.41) is 19.8. The first-order valence-corrected chi connectivity index (χ1v) is 6.50. The van der Waals surface area contributed by atoms with E-state index in [0.717, 1.165) is 15.7 Å². The Labute approximate surface area is 127 Å². The Morgan fingerprint density at radius 1 is 1.20 bits per heavy atom. The van der Waals surface area contributed by atoms with E-state index in [2.05, 4.69) is 22.6 Å². The van der Waals surface area contributed by atoms with Crippen LogP contribution in [0.15, 0.2) is 42.5 Å². The van der Waals surface area contributed by atoms with Gasteiger partial charge in [0.15, 0.2) is 0 Å². The van der Waals surface area contributed by atoms with Crippen LogP contribution >= 0.6 is 22.6 Å². The fraction of sp³-hybridized carbons (Fsp3) is 0. The maximum atomic E-state index is 10.9. The Morgan fingerprint density at radius 2 is 1.85 bits per heavy atom. The molecule has 7 heteroatoms. The summed E-state index contributed by atoms with van der Waals surface area (Å²) in [6.07, 6.45) is 0. The maximum absolute atomic E-state index is 10.9. The maximum Gasteiger partial charge on any atom is 0.335 e. The summed E-state index contributed by atoms with van der Waals surface area (Å²) in [7, 11) is 0. The van der Waals surface area contributed by atoms with Gasteiger partial charge in [0.05, 0.1) is 10.5 Å². The molecule has 2 aromatic carbocycles. The van der Waals surface area contributed by atoms with Gasteiger partial charge in [0.2, 0.25) is 5.75 Å². The number of rotatable bonds is 4. The number of hydrogen-bond acceptors (Lipinski definition) is 4. The highest BCUT2D eigenvalue weighted by Gasteiger charge is 2.18. The van der Waals surface area contributed by atoms with Gasteiger partial charge >= 0.3 is 11.7 Å². The molecule has 2 rings (SSSR count). The number of halogens is 1. The Bertz CT molecular complexity index is 669. The lowest BCUT2D eigenvalue weighted by atomic mass is 10.2. The molecule has 0 aliphatic carbocycles. The van der Waals surface area contributed by atoms with E-state index < -0.39 is 10.9 Å². The highest BCUT2D eigenvalue weighted by atomic mass is 127. The van der Waals surface area contributed by atoms with E-state index in [4.69, 9.17) is 9.84 Å². The second-order valence-corrected chi connectivity index (χ2v) is 5.05. The van der Waals surface area contributed by atoms with Gasteiger partial charge in [0.25, 0.3) is 0 Å². The number of benzene rings is 2. The average molecular weight is 385 g/mol. The normalized spacial score (nSPS) is 10.1. The Hall–Kier alpha value is -2.16. The Kier molecular flexibility index (Phi) is 4.18. The minimum Gasteiger partial charge on any atom is -0.478 e. The van der Waals surface area contributed by atoms with E-state index >= 15 is 0 Å². The number of nitrogens with zero attached hydrogens (tertiary/aromatic N) is 1. The summed E-state index contributed by atoms with van der Waals surface area (Å²) < 4.78 is 6.40. The lowest BCUT2D eigenvalue weighted by molar-refractivity contribution is -0.385. The average Bonchev–Trinajstić information content (AvgIpc) is 2.41. The minimum atomic E-state index is -1.17. The predicted octanol–water partition coefficient (Wildman–Crippen LogP) is 3.69. The number of ether oxygens (including phenoxy) is 1. The summed E-state index contributed by atoms with van der Waals surface area (Å²) in [6.45, 7) is 0. The van der Waals surface area contributed by atoms with Gasteiger partial charge in [-0.1, -0.05) is 0 Å². The van der Waals surface area contributed by atoms with E-state index in [1.165, 1.54) is 6.07 Å². The van der Waals surface area contributed by atoms with Crippen LogP contribution in [0.2, 0.25) is 0 Å². The summed E-state index contributed by atoms with van der Waals surface area (Å²) >= 11 is 2.12. The van der Waals surface area contributed by atoms with Crippen molar-refractivity contribution in [1.82, 2.24) is 0 Å². The molecular formula is C13H8INO5. The first kappa shape index (κ1) is 14.3. The number of aromatic carboxylic acids is 1. The van der Waals surface area contributed by atoms with Crippen molar-refractivity contribution in [2.45, 2.75) is 0 Å². The molecule has 0 amide bonds. The van der Waals surface area contributed by atoms with Crippen LogP contribution in [-0.4, -0.2) is 16.0 Å². The van der Waals surface area contributed by atoms with Gasteiger partial charge < -0.3 is 9.84 Å². The molecule has 0 saturated heterocycles. The van der Waals surface area contributed by atoms with Crippen molar-refractivity contribution in [1.29, 1.82) is 0 Å². The standard InChI is InChI=1S/C13H8INO5/c14-9-2-4-10(5-3-9)20-12-7-8(13(16)17)1-6-11(12)15(18)19/h1-7H,(H,16,17). The number of nitro benzene ring substituents is 1. The number of carbonyl (C=O) groups is 1. The first-order valence-electron chi connectivity index (χ1n) is 5.42. The third kappa shape index (κ3) is 3.23. The number of carboxylic acids is 1. The zero-order chi connectivity index (χ0) is 14.7. The molecule has 0 unspecified atom stereocenters. The lowest BCUT2D eigenvalue weighted by Gasteiger charge is -2.07. The van der Waals surface area contributed by atoms with E-state index in [1.54, 1.807) is 24.3 Å². The predicted molar refractivity (Wildman–Crippen MR) is 79.3 cm³/mol.